The van der Waals surface area contributed by atoms with Crippen LogP contribution in [0.4, 0.5) is 5.69 Å². The van der Waals surface area contributed by atoms with Crippen LogP contribution in [0.25, 0.3) is 0 Å². The van der Waals surface area contributed by atoms with Gasteiger partial charge in [0.25, 0.3) is 11.6 Å². The lowest BCUT2D eigenvalue weighted by Gasteiger charge is -2.18. The van der Waals surface area contributed by atoms with Crippen molar-refractivity contribution in [1.82, 2.24) is 10.2 Å². The number of rotatable bonds is 2. The molecule has 2 fully saturated rings. The summed E-state index contributed by atoms with van der Waals surface area (Å²) in [6, 6.07) is 4.28. The van der Waals surface area contributed by atoms with E-state index in [1.54, 1.807) is 0 Å². The van der Waals surface area contributed by atoms with Crippen molar-refractivity contribution in [3.63, 3.8) is 0 Å². The van der Waals surface area contributed by atoms with Crippen LogP contribution in [0, 0.1) is 22.0 Å². The maximum atomic E-state index is 12.5. The van der Waals surface area contributed by atoms with E-state index in [1.165, 1.54) is 18.2 Å². The fourth-order valence-corrected chi connectivity index (χ4v) is 3.52. The van der Waals surface area contributed by atoms with Gasteiger partial charge in [0.1, 0.15) is 0 Å². The van der Waals surface area contributed by atoms with Crippen LogP contribution in [-0.2, 0) is 0 Å². The highest BCUT2D eigenvalue weighted by molar-refractivity contribution is 9.10. The average Bonchev–Trinajstić information content (AvgIpc) is 2.98. The summed E-state index contributed by atoms with van der Waals surface area (Å²) in [4.78, 5) is 24.6. The van der Waals surface area contributed by atoms with Crippen LogP contribution in [-0.4, -0.2) is 41.9 Å². The van der Waals surface area contributed by atoms with E-state index in [-0.39, 0.29) is 24.0 Å². The van der Waals surface area contributed by atoms with Crippen molar-refractivity contribution in [3.8, 4) is 0 Å². The fraction of sp³-hybridized carbons (Fsp3) is 0.462. The number of benzene rings is 1. The Morgan fingerprint density at radius 2 is 1.95 bits per heavy atom. The largest absolute Gasteiger partial charge is 0.338 e. The van der Waals surface area contributed by atoms with Gasteiger partial charge in [0.05, 0.1) is 10.5 Å². The highest BCUT2D eigenvalue weighted by atomic mass is 79.9. The molecule has 1 aromatic rings. The number of carbonyl (C=O) groups is 1. The van der Waals surface area contributed by atoms with Crippen LogP contribution >= 0.6 is 28.3 Å². The van der Waals surface area contributed by atoms with Crippen molar-refractivity contribution in [3.05, 3.63) is 38.3 Å². The molecule has 1 aromatic carbocycles. The molecule has 2 aliphatic heterocycles. The third-order valence-electron chi connectivity index (χ3n) is 4.07. The number of amides is 1. The molecule has 0 saturated carbocycles. The second-order valence-electron chi connectivity index (χ2n) is 5.31. The monoisotopic (exact) mass is 375 g/mol. The quantitative estimate of drug-likeness (QED) is 0.633. The molecule has 3 rings (SSSR count). The summed E-state index contributed by atoms with van der Waals surface area (Å²) in [6.45, 7) is 3.46. The Morgan fingerprint density at radius 1 is 1.33 bits per heavy atom. The van der Waals surface area contributed by atoms with Gasteiger partial charge in [-0.25, -0.2) is 0 Å². The molecule has 0 radical (unpaired) electrons. The van der Waals surface area contributed by atoms with Gasteiger partial charge in [-0.2, -0.15) is 0 Å². The molecule has 2 saturated heterocycles. The number of nitro benzene ring substituents is 1. The molecule has 2 atom stereocenters. The van der Waals surface area contributed by atoms with Crippen LogP contribution in [0.5, 0.6) is 0 Å². The normalized spacial score (nSPS) is 23.6. The number of likely N-dealkylation sites (tertiary alicyclic amines) is 1. The number of nitrogens with one attached hydrogen (secondary N) is 1. The molecule has 0 spiro atoms. The van der Waals surface area contributed by atoms with Crippen LogP contribution in [0.1, 0.15) is 10.4 Å². The topological polar surface area (TPSA) is 75.5 Å². The van der Waals surface area contributed by atoms with Crippen molar-refractivity contribution < 1.29 is 9.72 Å². The summed E-state index contributed by atoms with van der Waals surface area (Å²) in [6.07, 6.45) is 0. The molecule has 2 aliphatic rings. The fourth-order valence-electron chi connectivity index (χ4n) is 2.98. The number of carbonyl (C=O) groups excluding carboxylic acids is 1. The number of nitro groups is 1. The molecule has 0 aromatic heterocycles. The van der Waals surface area contributed by atoms with Crippen molar-refractivity contribution in [2.24, 2.45) is 11.8 Å². The lowest BCUT2D eigenvalue weighted by atomic mass is 10.0. The second-order valence-corrected chi connectivity index (χ2v) is 6.16. The van der Waals surface area contributed by atoms with E-state index < -0.39 is 4.92 Å². The predicted octanol–water partition coefficient (Wildman–Crippen LogP) is 2.07. The molecular weight excluding hydrogens is 362 g/mol. The molecule has 21 heavy (non-hydrogen) atoms. The number of hydrogen-bond donors (Lipinski definition) is 1. The zero-order valence-electron chi connectivity index (χ0n) is 11.1. The van der Waals surface area contributed by atoms with Crippen molar-refractivity contribution in [2.45, 2.75) is 0 Å². The zero-order chi connectivity index (χ0) is 14.3. The number of fused-ring (bicyclic) bond motifs is 1. The summed E-state index contributed by atoms with van der Waals surface area (Å²) in [7, 11) is 0. The Labute approximate surface area is 136 Å². The minimum Gasteiger partial charge on any atom is -0.338 e. The molecule has 0 aliphatic carbocycles. The smallest absolute Gasteiger partial charge is 0.270 e. The summed E-state index contributed by atoms with van der Waals surface area (Å²) in [5.41, 5.74) is 0.472. The second kappa shape index (κ2) is 6.29. The minimum atomic E-state index is -0.467. The highest BCUT2D eigenvalue weighted by Gasteiger charge is 2.38. The average molecular weight is 377 g/mol. The van der Waals surface area contributed by atoms with Crippen LogP contribution < -0.4 is 5.32 Å². The Bertz CT molecular complexity index is 572. The number of nitrogens with zero attached hydrogens (tertiary/aromatic N) is 2. The van der Waals surface area contributed by atoms with Crippen LogP contribution in [0.15, 0.2) is 22.7 Å². The van der Waals surface area contributed by atoms with Crippen molar-refractivity contribution >= 4 is 39.9 Å². The molecule has 114 valence electrons. The van der Waals surface area contributed by atoms with Gasteiger partial charge in [-0.15, -0.1) is 12.4 Å². The molecule has 1 amide bonds. The molecule has 0 unspecified atom stereocenters. The molecule has 6 nitrogen and oxygen atoms in total. The Morgan fingerprint density at radius 3 is 2.48 bits per heavy atom. The Hall–Kier alpha value is -1.18. The van der Waals surface area contributed by atoms with Crippen molar-refractivity contribution in [1.29, 1.82) is 0 Å². The summed E-state index contributed by atoms with van der Waals surface area (Å²) < 4.78 is 0.479. The SMILES string of the molecule is Cl.O=C(c1ccc([N+](=O)[O-])cc1Br)N1C[C@H]2CNC[C@H]2C1. The maximum Gasteiger partial charge on any atom is 0.270 e. The standard InChI is InChI=1S/C13H14BrN3O3.ClH/c14-12-3-10(17(19)20)1-2-11(12)13(18)16-6-8-4-15-5-9(8)7-16;/h1-3,8-9,15H,4-7H2;1H/t8-,9+;. The zero-order valence-corrected chi connectivity index (χ0v) is 13.5. The molecule has 2 heterocycles. The molecule has 0 bridgehead atoms. The van der Waals surface area contributed by atoms with E-state index in [0.29, 0.717) is 21.9 Å². The lowest BCUT2D eigenvalue weighted by molar-refractivity contribution is -0.384. The number of halogens is 2. The van der Waals surface area contributed by atoms with Gasteiger partial charge < -0.3 is 10.2 Å². The van der Waals surface area contributed by atoms with Gasteiger partial charge in [-0.3, -0.25) is 14.9 Å². The van der Waals surface area contributed by atoms with E-state index in [0.717, 1.165) is 26.2 Å². The van der Waals surface area contributed by atoms with Gasteiger partial charge in [0.15, 0.2) is 0 Å². The first-order valence-electron chi connectivity index (χ1n) is 6.50. The Balaban J connectivity index is 0.00000161. The van der Waals surface area contributed by atoms with Crippen molar-refractivity contribution in [2.75, 3.05) is 26.2 Å². The predicted molar refractivity (Wildman–Crippen MR) is 83.8 cm³/mol. The van der Waals surface area contributed by atoms with Gasteiger partial charge in [0.2, 0.25) is 0 Å². The minimum absolute atomic E-state index is 0. The number of non-ortho nitro benzene ring substituents is 1. The molecule has 1 N–H and O–H groups in total. The molecular formula is C13H15BrClN3O3. The van der Waals surface area contributed by atoms with E-state index >= 15 is 0 Å². The van der Waals surface area contributed by atoms with E-state index in [1.807, 2.05) is 4.90 Å². The Kier molecular flexibility index (Phi) is 4.85. The lowest BCUT2D eigenvalue weighted by Crippen LogP contribution is -2.32. The summed E-state index contributed by atoms with van der Waals surface area (Å²) >= 11 is 3.26. The van der Waals surface area contributed by atoms with Gasteiger partial charge in [0, 0.05) is 42.8 Å². The first kappa shape index (κ1) is 16.2. The molecule has 8 heteroatoms. The summed E-state index contributed by atoms with van der Waals surface area (Å²) in [5, 5.41) is 14.0. The van der Waals surface area contributed by atoms with E-state index in [4.69, 9.17) is 0 Å². The first-order valence-corrected chi connectivity index (χ1v) is 7.29. The van der Waals surface area contributed by atoms with Crippen LogP contribution in [0.2, 0.25) is 0 Å². The third-order valence-corrected chi connectivity index (χ3v) is 4.73. The van der Waals surface area contributed by atoms with E-state index in [9.17, 15) is 14.9 Å². The highest BCUT2D eigenvalue weighted by Crippen LogP contribution is 2.30. The van der Waals surface area contributed by atoms with E-state index in [2.05, 4.69) is 21.2 Å². The summed E-state index contributed by atoms with van der Waals surface area (Å²) in [5.74, 6) is 1.02. The van der Waals surface area contributed by atoms with Gasteiger partial charge >= 0.3 is 0 Å². The first-order chi connectivity index (χ1) is 9.56. The van der Waals surface area contributed by atoms with Crippen LogP contribution in [0.3, 0.4) is 0 Å². The van der Waals surface area contributed by atoms with Gasteiger partial charge in [-0.1, -0.05) is 0 Å². The third kappa shape index (κ3) is 3.04. The maximum absolute atomic E-state index is 12.5. The number of hydrogen-bond acceptors (Lipinski definition) is 4. The van der Waals surface area contributed by atoms with Gasteiger partial charge in [-0.05, 0) is 33.8 Å².